The van der Waals surface area contributed by atoms with Gasteiger partial charge in [-0.1, -0.05) is 19.1 Å². The molecule has 1 saturated heterocycles. The van der Waals surface area contributed by atoms with Gasteiger partial charge in [0.1, 0.15) is 0 Å². The fourth-order valence-electron chi connectivity index (χ4n) is 3.57. The first-order valence-electron chi connectivity index (χ1n) is 8.33. The van der Waals surface area contributed by atoms with E-state index in [9.17, 15) is 4.79 Å². The van der Waals surface area contributed by atoms with Crippen LogP contribution in [0, 0.1) is 5.92 Å². The second kappa shape index (κ2) is 6.07. The number of rotatable bonds is 2. The molecule has 0 aliphatic carbocycles. The number of fused-ring (bicyclic) bond motifs is 1. The molecule has 0 spiro atoms. The third kappa shape index (κ3) is 2.56. The third-order valence-electron chi connectivity index (χ3n) is 5.02. The number of piperidine rings is 1. The number of imidazole rings is 1. The highest BCUT2D eigenvalue weighted by Gasteiger charge is 2.30. The summed E-state index contributed by atoms with van der Waals surface area (Å²) >= 11 is 0. The van der Waals surface area contributed by atoms with E-state index in [-0.39, 0.29) is 11.9 Å². The van der Waals surface area contributed by atoms with E-state index < -0.39 is 0 Å². The average molecular weight is 320 g/mol. The van der Waals surface area contributed by atoms with Crippen molar-refractivity contribution in [3.63, 3.8) is 0 Å². The number of pyridine rings is 1. The summed E-state index contributed by atoms with van der Waals surface area (Å²) in [4.78, 5) is 23.4. The Morgan fingerprint density at radius 2 is 2.12 bits per heavy atom. The largest absolute Gasteiger partial charge is 0.337 e. The van der Waals surface area contributed by atoms with Crippen LogP contribution in [0.1, 0.15) is 29.7 Å². The molecular formula is C19H20N4O. The van der Waals surface area contributed by atoms with Gasteiger partial charge in [0.05, 0.1) is 12.4 Å². The zero-order valence-electron chi connectivity index (χ0n) is 13.7. The molecule has 1 fully saturated rings. The van der Waals surface area contributed by atoms with Gasteiger partial charge in [-0.25, -0.2) is 4.98 Å². The molecule has 5 heteroatoms. The Hall–Kier alpha value is -2.69. The van der Waals surface area contributed by atoms with Gasteiger partial charge in [0.2, 0.25) is 0 Å². The Morgan fingerprint density at radius 3 is 2.96 bits per heavy atom. The van der Waals surface area contributed by atoms with Crippen LogP contribution in [0.2, 0.25) is 0 Å². The number of carbonyl (C=O) groups excluding carboxylic acids is 1. The number of aromatic nitrogens is 3. The van der Waals surface area contributed by atoms with Crippen LogP contribution in [0.25, 0.3) is 10.8 Å². The number of carbonyl (C=O) groups is 1. The maximum Gasteiger partial charge on any atom is 0.254 e. The Bertz CT molecular complexity index is 853. The molecule has 1 amide bonds. The average Bonchev–Trinajstić information content (AvgIpc) is 3.15. The molecule has 1 aliphatic heterocycles. The molecule has 4 rings (SSSR count). The SMILES string of the molecule is CC1CCN(C(=O)c2cccc3cnccc23)CC1n1ccnc1. The lowest BCUT2D eigenvalue weighted by Crippen LogP contribution is -2.43. The van der Waals surface area contributed by atoms with Crippen LogP contribution < -0.4 is 0 Å². The van der Waals surface area contributed by atoms with Crippen LogP contribution in [0.5, 0.6) is 0 Å². The zero-order valence-corrected chi connectivity index (χ0v) is 13.7. The van der Waals surface area contributed by atoms with E-state index in [1.807, 2.05) is 41.7 Å². The minimum atomic E-state index is 0.101. The lowest BCUT2D eigenvalue weighted by molar-refractivity contribution is 0.0623. The Balaban J connectivity index is 1.64. The summed E-state index contributed by atoms with van der Waals surface area (Å²) in [5, 5.41) is 1.97. The molecular weight excluding hydrogens is 300 g/mol. The van der Waals surface area contributed by atoms with Crippen molar-refractivity contribution in [3.05, 3.63) is 60.9 Å². The van der Waals surface area contributed by atoms with Gasteiger partial charge in [-0.05, 0) is 29.9 Å². The highest BCUT2D eigenvalue weighted by Crippen LogP contribution is 2.29. The topological polar surface area (TPSA) is 51.0 Å². The van der Waals surface area contributed by atoms with Gasteiger partial charge in [0.25, 0.3) is 5.91 Å². The van der Waals surface area contributed by atoms with Crippen LogP contribution in [-0.4, -0.2) is 38.4 Å². The van der Waals surface area contributed by atoms with Crippen molar-refractivity contribution >= 4 is 16.7 Å². The first-order chi connectivity index (χ1) is 11.7. The lowest BCUT2D eigenvalue weighted by atomic mass is 9.92. The number of likely N-dealkylation sites (tertiary alicyclic amines) is 1. The van der Waals surface area contributed by atoms with E-state index >= 15 is 0 Å². The van der Waals surface area contributed by atoms with Crippen molar-refractivity contribution in [2.45, 2.75) is 19.4 Å². The summed E-state index contributed by atoms with van der Waals surface area (Å²) in [7, 11) is 0. The van der Waals surface area contributed by atoms with E-state index in [0.717, 1.165) is 35.8 Å². The monoisotopic (exact) mass is 320 g/mol. The summed E-state index contributed by atoms with van der Waals surface area (Å²) in [5.74, 6) is 0.629. The summed E-state index contributed by atoms with van der Waals surface area (Å²) in [5.41, 5.74) is 0.758. The highest BCUT2D eigenvalue weighted by molar-refractivity contribution is 6.06. The van der Waals surface area contributed by atoms with Gasteiger partial charge < -0.3 is 9.47 Å². The van der Waals surface area contributed by atoms with E-state index in [1.165, 1.54) is 0 Å². The molecule has 2 atom stereocenters. The summed E-state index contributed by atoms with van der Waals surface area (Å²) < 4.78 is 2.12. The predicted molar refractivity (Wildman–Crippen MR) is 92.7 cm³/mol. The van der Waals surface area contributed by atoms with Crippen molar-refractivity contribution < 1.29 is 4.79 Å². The predicted octanol–water partition coefficient (Wildman–Crippen LogP) is 3.15. The van der Waals surface area contributed by atoms with Gasteiger partial charge in [0, 0.05) is 48.8 Å². The molecule has 0 radical (unpaired) electrons. The summed E-state index contributed by atoms with van der Waals surface area (Å²) in [6, 6.07) is 8.03. The first kappa shape index (κ1) is 14.9. The maximum absolute atomic E-state index is 13.1. The molecule has 3 aromatic rings. The molecule has 1 aliphatic rings. The number of nitrogens with zero attached hydrogens (tertiary/aromatic N) is 4. The summed E-state index contributed by atoms with van der Waals surface area (Å²) in [6.07, 6.45) is 10.2. The van der Waals surface area contributed by atoms with Gasteiger partial charge >= 0.3 is 0 Å². The van der Waals surface area contributed by atoms with Crippen LogP contribution >= 0.6 is 0 Å². The second-order valence-electron chi connectivity index (χ2n) is 6.50. The molecule has 24 heavy (non-hydrogen) atoms. The van der Waals surface area contributed by atoms with Crippen LogP contribution in [0.15, 0.2) is 55.4 Å². The standard InChI is InChI=1S/C19H20N4O/c1-14-6-9-22(12-18(14)23-10-8-21-13-23)19(24)17-4-2-3-15-11-20-7-5-16(15)17/h2-5,7-8,10-11,13-14,18H,6,9,12H2,1H3. The number of hydrogen-bond donors (Lipinski definition) is 0. The van der Waals surface area contributed by atoms with E-state index in [0.29, 0.717) is 5.92 Å². The number of hydrogen-bond acceptors (Lipinski definition) is 3. The Kier molecular flexibility index (Phi) is 3.76. The Morgan fingerprint density at radius 1 is 1.21 bits per heavy atom. The van der Waals surface area contributed by atoms with E-state index in [4.69, 9.17) is 0 Å². The lowest BCUT2D eigenvalue weighted by Gasteiger charge is -2.37. The molecule has 1 aromatic carbocycles. The fourth-order valence-corrected chi connectivity index (χ4v) is 3.57. The molecule has 2 unspecified atom stereocenters. The molecule has 0 bridgehead atoms. The normalized spacial score (nSPS) is 21.1. The highest BCUT2D eigenvalue weighted by atomic mass is 16.2. The van der Waals surface area contributed by atoms with Crippen LogP contribution in [-0.2, 0) is 0 Å². The van der Waals surface area contributed by atoms with Crippen molar-refractivity contribution in [2.24, 2.45) is 5.92 Å². The van der Waals surface area contributed by atoms with E-state index in [2.05, 4.69) is 21.5 Å². The van der Waals surface area contributed by atoms with Gasteiger partial charge in [-0.15, -0.1) is 0 Å². The molecule has 122 valence electrons. The van der Waals surface area contributed by atoms with Crippen molar-refractivity contribution in [3.8, 4) is 0 Å². The van der Waals surface area contributed by atoms with Gasteiger partial charge in [-0.3, -0.25) is 9.78 Å². The van der Waals surface area contributed by atoms with Gasteiger partial charge in [-0.2, -0.15) is 0 Å². The van der Waals surface area contributed by atoms with Crippen LogP contribution in [0.3, 0.4) is 0 Å². The molecule has 0 N–H and O–H groups in total. The van der Waals surface area contributed by atoms with Crippen molar-refractivity contribution in [1.82, 2.24) is 19.4 Å². The maximum atomic E-state index is 13.1. The number of amides is 1. The van der Waals surface area contributed by atoms with Crippen molar-refractivity contribution in [2.75, 3.05) is 13.1 Å². The smallest absolute Gasteiger partial charge is 0.254 e. The third-order valence-corrected chi connectivity index (χ3v) is 5.02. The van der Waals surface area contributed by atoms with Crippen molar-refractivity contribution in [1.29, 1.82) is 0 Å². The minimum absolute atomic E-state index is 0.101. The first-order valence-corrected chi connectivity index (χ1v) is 8.33. The second-order valence-corrected chi connectivity index (χ2v) is 6.50. The van der Waals surface area contributed by atoms with E-state index in [1.54, 1.807) is 18.6 Å². The zero-order chi connectivity index (χ0) is 16.5. The number of benzene rings is 1. The molecule has 3 heterocycles. The minimum Gasteiger partial charge on any atom is -0.337 e. The molecule has 2 aromatic heterocycles. The molecule has 0 saturated carbocycles. The van der Waals surface area contributed by atoms with Gasteiger partial charge in [0.15, 0.2) is 0 Å². The fraction of sp³-hybridized carbons (Fsp3) is 0.316. The summed E-state index contributed by atoms with van der Waals surface area (Å²) in [6.45, 7) is 3.76. The Labute approximate surface area is 140 Å². The quantitative estimate of drug-likeness (QED) is 0.729. The molecule has 5 nitrogen and oxygen atoms in total. The van der Waals surface area contributed by atoms with Crippen LogP contribution in [0.4, 0.5) is 0 Å².